The molecule has 98 valence electrons. The highest BCUT2D eigenvalue weighted by Gasteiger charge is 2.42. The van der Waals surface area contributed by atoms with Crippen LogP contribution in [0.1, 0.15) is 18.9 Å². The molecule has 0 saturated carbocycles. The summed E-state index contributed by atoms with van der Waals surface area (Å²) >= 11 is 0. The molecule has 0 bridgehead atoms. The third kappa shape index (κ3) is 3.23. The van der Waals surface area contributed by atoms with Gasteiger partial charge in [0.25, 0.3) is 0 Å². The summed E-state index contributed by atoms with van der Waals surface area (Å²) < 4.78 is 10.1. The van der Waals surface area contributed by atoms with E-state index in [0.29, 0.717) is 6.61 Å². The first kappa shape index (κ1) is 12.9. The lowest BCUT2D eigenvalue weighted by Gasteiger charge is -2.03. The Bertz CT molecular complexity index is 402. The molecule has 1 heterocycles. The molecule has 1 saturated heterocycles. The third-order valence-corrected chi connectivity index (χ3v) is 3.13. The largest absolute Gasteiger partial charge is 0.497 e. The van der Waals surface area contributed by atoms with E-state index in [2.05, 4.69) is 17.4 Å². The maximum Gasteiger partial charge on any atom is 0.324 e. The van der Waals surface area contributed by atoms with Gasteiger partial charge in [-0.15, -0.1) is 0 Å². The molecule has 2 rings (SSSR count). The summed E-state index contributed by atoms with van der Waals surface area (Å²) in [5.74, 6) is 0.741. The molecular formula is C14H19NO3. The van der Waals surface area contributed by atoms with Gasteiger partial charge in [0.1, 0.15) is 11.8 Å². The Kier molecular flexibility index (Phi) is 4.20. The number of benzene rings is 1. The van der Waals surface area contributed by atoms with Crippen LogP contribution in [0.15, 0.2) is 24.3 Å². The van der Waals surface area contributed by atoms with Crippen molar-refractivity contribution in [2.24, 2.45) is 0 Å². The van der Waals surface area contributed by atoms with Crippen molar-refractivity contribution in [3.05, 3.63) is 29.8 Å². The molecule has 2 atom stereocenters. The number of carbonyl (C=O) groups excluding carboxylic acids is 1. The van der Waals surface area contributed by atoms with E-state index in [9.17, 15) is 4.79 Å². The summed E-state index contributed by atoms with van der Waals surface area (Å²) in [5, 5.41) is 3.15. The third-order valence-electron chi connectivity index (χ3n) is 3.13. The Hall–Kier alpha value is -1.55. The second-order valence-corrected chi connectivity index (χ2v) is 4.39. The minimum atomic E-state index is -0.128. The number of rotatable bonds is 6. The highest BCUT2D eigenvalue weighted by Crippen LogP contribution is 2.20. The zero-order chi connectivity index (χ0) is 13.0. The number of hydrogen-bond donors (Lipinski definition) is 1. The monoisotopic (exact) mass is 249 g/mol. The van der Waals surface area contributed by atoms with Crippen LogP contribution >= 0.6 is 0 Å². The molecular weight excluding hydrogens is 230 g/mol. The molecule has 1 aromatic rings. The summed E-state index contributed by atoms with van der Waals surface area (Å²) in [6.45, 7) is 2.27. The van der Waals surface area contributed by atoms with Crippen LogP contribution in [0.5, 0.6) is 5.75 Å². The lowest BCUT2D eigenvalue weighted by Crippen LogP contribution is -2.15. The lowest BCUT2D eigenvalue weighted by molar-refractivity contribution is -0.142. The maximum atomic E-state index is 11.4. The van der Waals surface area contributed by atoms with Crippen LogP contribution in [0, 0.1) is 0 Å². The van der Waals surface area contributed by atoms with Crippen LogP contribution in [0.25, 0.3) is 0 Å². The van der Waals surface area contributed by atoms with Crippen molar-refractivity contribution >= 4 is 5.97 Å². The first-order valence-corrected chi connectivity index (χ1v) is 6.30. The van der Waals surface area contributed by atoms with Gasteiger partial charge in [-0.05, 0) is 37.5 Å². The van der Waals surface area contributed by atoms with E-state index in [4.69, 9.17) is 9.47 Å². The number of nitrogens with one attached hydrogen (secondary N) is 1. The van der Waals surface area contributed by atoms with Gasteiger partial charge in [-0.1, -0.05) is 12.1 Å². The van der Waals surface area contributed by atoms with Crippen molar-refractivity contribution in [1.29, 1.82) is 0 Å². The van der Waals surface area contributed by atoms with Gasteiger partial charge in [0.2, 0.25) is 0 Å². The minimum Gasteiger partial charge on any atom is -0.497 e. The first-order valence-electron chi connectivity index (χ1n) is 6.30. The summed E-state index contributed by atoms with van der Waals surface area (Å²) in [6, 6.07) is 8.20. The van der Waals surface area contributed by atoms with E-state index in [1.807, 2.05) is 19.1 Å². The quantitative estimate of drug-likeness (QED) is 0.613. The van der Waals surface area contributed by atoms with E-state index in [1.165, 1.54) is 5.56 Å². The minimum absolute atomic E-state index is 0.0943. The smallest absolute Gasteiger partial charge is 0.324 e. The zero-order valence-electron chi connectivity index (χ0n) is 10.8. The molecule has 1 aliphatic rings. The topological polar surface area (TPSA) is 57.5 Å². The standard InChI is InChI=1S/C14H19NO3/c1-3-18-14(16)13-12(15-13)9-6-10-4-7-11(17-2)8-5-10/h4-5,7-8,12-13,15H,3,6,9H2,1-2H3/t12?,13-/m0/s1. The van der Waals surface area contributed by atoms with Gasteiger partial charge < -0.3 is 9.47 Å². The summed E-state index contributed by atoms with van der Waals surface area (Å²) in [6.07, 6.45) is 1.91. The van der Waals surface area contributed by atoms with Crippen molar-refractivity contribution < 1.29 is 14.3 Å². The van der Waals surface area contributed by atoms with Gasteiger partial charge in [0.05, 0.1) is 13.7 Å². The van der Waals surface area contributed by atoms with E-state index in [-0.39, 0.29) is 18.1 Å². The van der Waals surface area contributed by atoms with Crippen molar-refractivity contribution in [2.45, 2.75) is 31.8 Å². The number of aryl methyl sites for hydroxylation is 1. The van der Waals surface area contributed by atoms with Crippen LogP contribution in [0.2, 0.25) is 0 Å². The first-order chi connectivity index (χ1) is 8.74. The van der Waals surface area contributed by atoms with Gasteiger partial charge >= 0.3 is 5.97 Å². The lowest BCUT2D eigenvalue weighted by atomic mass is 10.1. The predicted octanol–water partition coefficient (Wildman–Crippen LogP) is 1.53. The summed E-state index contributed by atoms with van der Waals surface area (Å²) in [4.78, 5) is 11.4. The van der Waals surface area contributed by atoms with E-state index in [1.54, 1.807) is 7.11 Å². The SMILES string of the molecule is CCOC(=O)[C@H]1NC1CCc1ccc(OC)cc1. The van der Waals surface area contributed by atoms with Crippen LogP contribution in [0.4, 0.5) is 0 Å². The maximum absolute atomic E-state index is 11.4. The van der Waals surface area contributed by atoms with E-state index < -0.39 is 0 Å². The number of methoxy groups -OCH3 is 1. The molecule has 0 spiro atoms. The van der Waals surface area contributed by atoms with Gasteiger partial charge in [-0.25, -0.2) is 0 Å². The fourth-order valence-corrected chi connectivity index (χ4v) is 2.00. The second kappa shape index (κ2) is 5.87. The molecule has 18 heavy (non-hydrogen) atoms. The van der Waals surface area contributed by atoms with E-state index >= 15 is 0 Å². The number of hydrogen-bond acceptors (Lipinski definition) is 4. The van der Waals surface area contributed by atoms with Crippen LogP contribution in [0.3, 0.4) is 0 Å². The van der Waals surface area contributed by atoms with E-state index in [0.717, 1.165) is 18.6 Å². The van der Waals surface area contributed by atoms with Crippen LogP contribution < -0.4 is 10.1 Å². The fraction of sp³-hybridized carbons (Fsp3) is 0.500. The van der Waals surface area contributed by atoms with Gasteiger partial charge in [-0.3, -0.25) is 10.1 Å². The average molecular weight is 249 g/mol. The van der Waals surface area contributed by atoms with Crippen LogP contribution in [-0.4, -0.2) is 31.8 Å². The molecule has 0 radical (unpaired) electrons. The van der Waals surface area contributed by atoms with Crippen molar-refractivity contribution in [3.8, 4) is 5.75 Å². The zero-order valence-corrected chi connectivity index (χ0v) is 10.8. The summed E-state index contributed by atoms with van der Waals surface area (Å²) in [5.41, 5.74) is 1.26. The highest BCUT2D eigenvalue weighted by molar-refractivity contribution is 5.80. The molecule has 1 aromatic carbocycles. The Balaban J connectivity index is 1.74. The summed E-state index contributed by atoms with van der Waals surface area (Å²) in [7, 11) is 1.66. The Labute approximate surface area is 107 Å². The molecule has 4 nitrogen and oxygen atoms in total. The normalized spacial score (nSPS) is 21.4. The van der Waals surface area contributed by atoms with Gasteiger partial charge in [0.15, 0.2) is 0 Å². The van der Waals surface area contributed by atoms with Crippen molar-refractivity contribution in [2.75, 3.05) is 13.7 Å². The second-order valence-electron chi connectivity index (χ2n) is 4.39. The van der Waals surface area contributed by atoms with Crippen LogP contribution in [-0.2, 0) is 16.0 Å². The molecule has 0 aromatic heterocycles. The molecule has 1 unspecified atom stereocenters. The Morgan fingerprint density at radius 2 is 2.06 bits per heavy atom. The predicted molar refractivity (Wildman–Crippen MR) is 68.7 cm³/mol. The van der Waals surface area contributed by atoms with Gasteiger partial charge in [0, 0.05) is 6.04 Å². The molecule has 4 heteroatoms. The highest BCUT2D eigenvalue weighted by atomic mass is 16.5. The van der Waals surface area contributed by atoms with Gasteiger partial charge in [-0.2, -0.15) is 0 Å². The molecule has 1 fully saturated rings. The number of ether oxygens (including phenoxy) is 2. The Morgan fingerprint density at radius 3 is 2.67 bits per heavy atom. The Morgan fingerprint density at radius 1 is 1.33 bits per heavy atom. The molecule has 1 aliphatic heterocycles. The van der Waals surface area contributed by atoms with Crippen molar-refractivity contribution in [1.82, 2.24) is 5.32 Å². The number of carbonyl (C=O) groups is 1. The molecule has 0 aliphatic carbocycles. The molecule has 0 amide bonds. The van der Waals surface area contributed by atoms with Crippen molar-refractivity contribution in [3.63, 3.8) is 0 Å². The number of esters is 1. The fourth-order valence-electron chi connectivity index (χ4n) is 2.00. The molecule has 1 N–H and O–H groups in total. The average Bonchev–Trinajstić information content (AvgIpc) is 3.17.